The molecule has 3 unspecified atom stereocenters. The van der Waals surface area contributed by atoms with Crippen molar-refractivity contribution in [2.24, 2.45) is 11.8 Å². The summed E-state index contributed by atoms with van der Waals surface area (Å²) in [5.41, 5.74) is 20.4. The van der Waals surface area contributed by atoms with Crippen molar-refractivity contribution in [3.05, 3.63) is 231 Å². The largest absolute Gasteiger partial charge is 0.321 e. The van der Waals surface area contributed by atoms with Gasteiger partial charge in [-0.25, -0.2) is 0 Å². The standard InChI is InChI=1S/C52H46N2/c1-3-15-36(16-4-1)42-22-13-23-43(37-17-5-2-6-18-37)52(42)54-49-25-12-10-21-45(49)47-34-40(28-31-51(47)54)39-27-30-50-46(33-39)44-20-9-11-24-48(44)53(50)41-29-26-35-14-7-8-19-38(35)32-41/h1-5,7-10,12-17,19-21,23,25-31,38,42,46-47H,6,11,18,22,24,32-34H2/t38?,42-,46?,47?/m0/s1. The summed E-state index contributed by atoms with van der Waals surface area (Å²) in [7, 11) is 0. The maximum absolute atomic E-state index is 2.68. The molecule has 0 saturated carbocycles. The van der Waals surface area contributed by atoms with Gasteiger partial charge in [0, 0.05) is 57.8 Å². The van der Waals surface area contributed by atoms with Crippen molar-refractivity contribution >= 4 is 5.69 Å². The molecule has 0 bridgehead atoms. The molecule has 7 aliphatic carbocycles. The van der Waals surface area contributed by atoms with E-state index in [1.165, 1.54) is 73.2 Å². The van der Waals surface area contributed by atoms with E-state index < -0.39 is 0 Å². The van der Waals surface area contributed by atoms with Crippen LogP contribution >= 0.6 is 0 Å². The van der Waals surface area contributed by atoms with E-state index in [4.69, 9.17) is 0 Å². The predicted molar refractivity (Wildman–Crippen MR) is 223 cm³/mol. The minimum atomic E-state index is 0.295. The van der Waals surface area contributed by atoms with Crippen molar-refractivity contribution in [3.8, 4) is 0 Å². The highest BCUT2D eigenvalue weighted by atomic mass is 15.2. The molecule has 2 aliphatic heterocycles. The second kappa shape index (κ2) is 13.1. The van der Waals surface area contributed by atoms with Gasteiger partial charge in [0.15, 0.2) is 0 Å². The van der Waals surface area contributed by atoms with Crippen LogP contribution in [0.2, 0.25) is 0 Å². The van der Waals surface area contributed by atoms with Crippen LogP contribution in [0, 0.1) is 11.8 Å². The molecule has 0 fully saturated rings. The molecule has 2 heteroatoms. The number of rotatable bonds is 5. The van der Waals surface area contributed by atoms with Gasteiger partial charge < -0.3 is 9.80 Å². The van der Waals surface area contributed by atoms with Gasteiger partial charge in [-0.2, -0.15) is 0 Å². The summed E-state index contributed by atoms with van der Waals surface area (Å²) in [6.45, 7) is 0. The topological polar surface area (TPSA) is 6.48 Å². The molecule has 54 heavy (non-hydrogen) atoms. The van der Waals surface area contributed by atoms with E-state index in [0.29, 0.717) is 23.7 Å². The van der Waals surface area contributed by atoms with E-state index in [1.54, 1.807) is 5.57 Å². The predicted octanol–water partition coefficient (Wildman–Crippen LogP) is 12.8. The number of nitrogens with zero attached hydrogens (tertiary/aromatic N) is 2. The van der Waals surface area contributed by atoms with Crippen LogP contribution in [0.4, 0.5) is 5.69 Å². The second-order valence-corrected chi connectivity index (χ2v) is 16.1. The van der Waals surface area contributed by atoms with Gasteiger partial charge in [-0.05, 0) is 120 Å². The lowest BCUT2D eigenvalue weighted by atomic mass is 9.78. The van der Waals surface area contributed by atoms with E-state index in [2.05, 4.69) is 168 Å². The number of hydrogen-bond donors (Lipinski definition) is 0. The molecule has 2 nitrogen and oxygen atoms in total. The average Bonchev–Trinajstić information content (AvgIpc) is 3.76. The monoisotopic (exact) mass is 698 g/mol. The number of benzene rings is 2. The SMILES string of the molecule is C1=CCCC(C2=C(N3C4=CC=C(C5=CC=C6C(C5)C5=C(CCC=C5)N6C5=CC=C6C=CC=CC6C5)CC4c4ccccc43)[C@H](c3ccccc3)CC=C2)=C1. The molecule has 9 aliphatic rings. The smallest absolute Gasteiger partial charge is 0.0494 e. The van der Waals surface area contributed by atoms with Crippen LogP contribution in [0.3, 0.4) is 0 Å². The summed E-state index contributed by atoms with van der Waals surface area (Å²) in [4.78, 5) is 5.35. The number of para-hydroxylation sites is 1. The molecule has 2 heterocycles. The van der Waals surface area contributed by atoms with Crippen LogP contribution in [-0.2, 0) is 0 Å². The lowest BCUT2D eigenvalue weighted by Gasteiger charge is -2.37. The van der Waals surface area contributed by atoms with Crippen LogP contribution in [0.15, 0.2) is 220 Å². The molecule has 2 aromatic carbocycles. The summed E-state index contributed by atoms with van der Waals surface area (Å²) >= 11 is 0. The molecular weight excluding hydrogens is 653 g/mol. The Kier molecular flexibility index (Phi) is 7.71. The summed E-state index contributed by atoms with van der Waals surface area (Å²) in [6.07, 6.45) is 48.9. The second-order valence-electron chi connectivity index (χ2n) is 16.1. The molecular formula is C52H46N2. The number of fused-ring (bicyclic) bond motifs is 6. The third kappa shape index (κ3) is 5.14. The van der Waals surface area contributed by atoms with Crippen LogP contribution < -0.4 is 4.90 Å². The molecule has 4 atom stereocenters. The van der Waals surface area contributed by atoms with Crippen molar-refractivity contribution in [2.45, 2.75) is 63.2 Å². The summed E-state index contributed by atoms with van der Waals surface area (Å²) in [5.74, 6) is 1.52. The minimum absolute atomic E-state index is 0.295. The maximum Gasteiger partial charge on any atom is 0.0494 e. The normalized spacial score (nSPS) is 27.6. The average molecular weight is 699 g/mol. The van der Waals surface area contributed by atoms with Gasteiger partial charge in [0.2, 0.25) is 0 Å². The Labute approximate surface area is 320 Å². The van der Waals surface area contributed by atoms with Crippen molar-refractivity contribution in [3.63, 3.8) is 0 Å². The van der Waals surface area contributed by atoms with Crippen molar-refractivity contribution in [1.82, 2.24) is 4.90 Å². The van der Waals surface area contributed by atoms with E-state index in [9.17, 15) is 0 Å². The van der Waals surface area contributed by atoms with E-state index in [0.717, 1.165) is 51.4 Å². The number of hydrogen-bond acceptors (Lipinski definition) is 2. The van der Waals surface area contributed by atoms with Gasteiger partial charge in [0.05, 0.1) is 0 Å². The first-order valence-corrected chi connectivity index (χ1v) is 20.3. The molecule has 0 spiro atoms. The molecule has 2 aromatic rings. The third-order valence-corrected chi connectivity index (χ3v) is 13.2. The zero-order chi connectivity index (χ0) is 35.6. The van der Waals surface area contributed by atoms with Crippen LogP contribution in [0.5, 0.6) is 0 Å². The Hall–Kier alpha value is -5.60. The fourth-order valence-electron chi connectivity index (χ4n) is 10.7. The first-order valence-electron chi connectivity index (χ1n) is 20.3. The summed E-state index contributed by atoms with van der Waals surface area (Å²) < 4.78 is 0. The lowest BCUT2D eigenvalue weighted by molar-refractivity contribution is 0.455. The van der Waals surface area contributed by atoms with Crippen LogP contribution in [0.1, 0.15) is 74.3 Å². The van der Waals surface area contributed by atoms with E-state index in [1.807, 2.05) is 0 Å². The lowest BCUT2D eigenvalue weighted by Crippen LogP contribution is -2.28. The van der Waals surface area contributed by atoms with Gasteiger partial charge in [0.1, 0.15) is 0 Å². The van der Waals surface area contributed by atoms with Gasteiger partial charge in [-0.1, -0.05) is 134 Å². The molecule has 0 aromatic heterocycles. The van der Waals surface area contributed by atoms with Gasteiger partial charge in [-0.15, -0.1) is 0 Å². The Morgan fingerprint density at radius 3 is 2.24 bits per heavy atom. The van der Waals surface area contributed by atoms with Crippen molar-refractivity contribution in [1.29, 1.82) is 0 Å². The quantitative estimate of drug-likeness (QED) is 0.307. The molecule has 0 saturated heterocycles. The highest BCUT2D eigenvalue weighted by Gasteiger charge is 2.43. The van der Waals surface area contributed by atoms with Gasteiger partial charge in [0.25, 0.3) is 0 Å². The minimum Gasteiger partial charge on any atom is -0.321 e. The summed E-state index contributed by atoms with van der Waals surface area (Å²) in [5, 5.41) is 0. The Morgan fingerprint density at radius 1 is 0.556 bits per heavy atom. The fraction of sp³-hybridized carbons (Fsp3) is 0.231. The molecule has 0 N–H and O–H groups in total. The highest BCUT2D eigenvalue weighted by Crippen LogP contribution is 2.56. The Bertz CT molecular complexity index is 2400. The molecule has 264 valence electrons. The maximum atomic E-state index is 2.68. The summed E-state index contributed by atoms with van der Waals surface area (Å²) in [6, 6.07) is 20.5. The van der Waals surface area contributed by atoms with E-state index in [-0.39, 0.29) is 0 Å². The fourth-order valence-corrected chi connectivity index (χ4v) is 10.7. The van der Waals surface area contributed by atoms with Gasteiger partial charge in [-0.3, -0.25) is 0 Å². The van der Waals surface area contributed by atoms with E-state index >= 15 is 0 Å². The molecule has 0 amide bonds. The number of allylic oxidation sites excluding steroid dienone is 27. The van der Waals surface area contributed by atoms with Crippen LogP contribution in [0.25, 0.3) is 0 Å². The zero-order valence-corrected chi connectivity index (χ0v) is 30.9. The van der Waals surface area contributed by atoms with Gasteiger partial charge >= 0.3 is 0 Å². The van der Waals surface area contributed by atoms with Crippen molar-refractivity contribution < 1.29 is 0 Å². The third-order valence-electron chi connectivity index (χ3n) is 13.2. The Balaban J connectivity index is 0.984. The van der Waals surface area contributed by atoms with Crippen molar-refractivity contribution in [2.75, 3.05) is 4.90 Å². The zero-order valence-electron chi connectivity index (χ0n) is 30.9. The first-order chi connectivity index (χ1) is 26.8. The molecule has 0 radical (unpaired) electrons. The highest BCUT2D eigenvalue weighted by molar-refractivity contribution is 5.77. The Morgan fingerprint density at radius 2 is 1.37 bits per heavy atom. The number of anilines is 1. The van der Waals surface area contributed by atoms with Crippen LogP contribution in [-0.4, -0.2) is 4.90 Å². The molecule has 11 rings (SSSR count). The first kappa shape index (κ1) is 31.9.